The van der Waals surface area contributed by atoms with Crippen molar-refractivity contribution in [3.8, 4) is 17.2 Å². The van der Waals surface area contributed by atoms with Crippen molar-refractivity contribution in [2.24, 2.45) is 0 Å². The molecule has 0 saturated carbocycles. The molecule has 0 aliphatic carbocycles. The Morgan fingerprint density at radius 1 is 0.938 bits per heavy atom. The lowest BCUT2D eigenvalue weighted by molar-refractivity contribution is 0.0136. The summed E-state index contributed by atoms with van der Waals surface area (Å²) in [4.78, 5) is 15.0. The maximum atomic E-state index is 12.7. The van der Waals surface area contributed by atoms with Gasteiger partial charge in [0.1, 0.15) is 23.4 Å². The number of nitrogens with zero attached hydrogens (tertiary/aromatic N) is 1. The van der Waals surface area contributed by atoms with Crippen molar-refractivity contribution in [3.05, 3.63) is 89.5 Å². The second-order valence-corrected chi connectivity index (χ2v) is 7.78. The zero-order chi connectivity index (χ0) is 22.3. The van der Waals surface area contributed by atoms with Crippen molar-refractivity contribution in [1.29, 1.82) is 0 Å². The van der Waals surface area contributed by atoms with Gasteiger partial charge >= 0.3 is 0 Å². The highest BCUT2D eigenvalue weighted by molar-refractivity contribution is 5.96. The molecule has 1 N–H and O–H groups in total. The first-order valence-electron chi connectivity index (χ1n) is 10.7. The number of rotatable bonds is 9. The molecule has 0 atom stereocenters. The summed E-state index contributed by atoms with van der Waals surface area (Å²) in [6.45, 7) is 2.82. The van der Waals surface area contributed by atoms with Gasteiger partial charge in [-0.2, -0.15) is 0 Å². The van der Waals surface area contributed by atoms with E-state index >= 15 is 0 Å². The zero-order valence-electron chi connectivity index (χ0n) is 18.4. The number of amides is 1. The highest BCUT2D eigenvalue weighted by Crippen LogP contribution is 2.28. The van der Waals surface area contributed by atoms with E-state index in [0.717, 1.165) is 42.3 Å². The number of hydrogen-bond donors (Lipinski definition) is 1. The number of likely N-dealkylation sites (tertiary alicyclic amines) is 1. The molecule has 1 aliphatic rings. The predicted octanol–water partition coefficient (Wildman–Crippen LogP) is 3.90. The molecule has 1 amide bonds. The van der Waals surface area contributed by atoms with Crippen LogP contribution in [0.15, 0.2) is 72.8 Å². The van der Waals surface area contributed by atoms with Crippen LogP contribution < -0.4 is 19.5 Å². The molecule has 0 bridgehead atoms. The first-order valence-corrected chi connectivity index (χ1v) is 10.7. The van der Waals surface area contributed by atoms with Crippen molar-refractivity contribution in [3.63, 3.8) is 0 Å². The molecule has 0 aromatic heterocycles. The standard InChI is InChI=1S/C26H28N2O4/c1-30-21-13-12-20(25(14-21)31-2)16-28-17-22(18-28)32-24-11-7-6-10-23(24)26(29)27-15-19-8-4-3-5-9-19/h3-14,22H,15-18H2,1-2H3,(H,27,29). The molecule has 6 nitrogen and oxygen atoms in total. The SMILES string of the molecule is COc1ccc(CN2CC(Oc3ccccc3C(=O)NCc3ccccc3)C2)c(OC)c1. The minimum absolute atomic E-state index is 0.0438. The molecule has 1 fully saturated rings. The highest BCUT2D eigenvalue weighted by atomic mass is 16.5. The van der Waals surface area contributed by atoms with E-state index in [-0.39, 0.29) is 12.0 Å². The van der Waals surface area contributed by atoms with Crippen LogP contribution >= 0.6 is 0 Å². The Labute approximate surface area is 188 Å². The summed E-state index contributed by atoms with van der Waals surface area (Å²) in [5.41, 5.74) is 2.72. The number of ether oxygens (including phenoxy) is 3. The van der Waals surface area contributed by atoms with E-state index in [4.69, 9.17) is 14.2 Å². The smallest absolute Gasteiger partial charge is 0.255 e. The number of carbonyl (C=O) groups is 1. The quantitative estimate of drug-likeness (QED) is 0.556. The first-order chi connectivity index (χ1) is 15.7. The Kier molecular flexibility index (Phi) is 6.92. The molecule has 4 rings (SSSR count). The molecule has 3 aromatic carbocycles. The summed E-state index contributed by atoms with van der Waals surface area (Å²) in [6, 6.07) is 23.1. The third-order valence-corrected chi connectivity index (χ3v) is 5.53. The van der Waals surface area contributed by atoms with Gasteiger partial charge in [-0.3, -0.25) is 9.69 Å². The summed E-state index contributed by atoms with van der Waals surface area (Å²) < 4.78 is 16.9. The van der Waals surface area contributed by atoms with E-state index in [1.54, 1.807) is 20.3 Å². The van der Waals surface area contributed by atoms with Crippen LogP contribution in [0.1, 0.15) is 21.5 Å². The summed E-state index contributed by atoms with van der Waals surface area (Å²) in [5.74, 6) is 2.07. The molecule has 1 saturated heterocycles. The number of benzene rings is 3. The fourth-order valence-corrected chi connectivity index (χ4v) is 3.76. The number of methoxy groups -OCH3 is 2. The second-order valence-electron chi connectivity index (χ2n) is 7.78. The molecule has 32 heavy (non-hydrogen) atoms. The molecule has 0 unspecified atom stereocenters. The van der Waals surface area contributed by atoms with Gasteiger partial charge in [-0.25, -0.2) is 0 Å². The Morgan fingerprint density at radius 2 is 1.69 bits per heavy atom. The minimum Gasteiger partial charge on any atom is -0.497 e. The van der Waals surface area contributed by atoms with Gasteiger partial charge in [-0.05, 0) is 23.8 Å². The van der Waals surface area contributed by atoms with Crippen LogP contribution in [0.25, 0.3) is 0 Å². The van der Waals surface area contributed by atoms with E-state index in [9.17, 15) is 4.79 Å². The third kappa shape index (κ3) is 5.21. The number of para-hydroxylation sites is 1. The summed E-state index contributed by atoms with van der Waals surface area (Å²) >= 11 is 0. The van der Waals surface area contributed by atoms with Crippen molar-refractivity contribution in [1.82, 2.24) is 10.2 Å². The number of carbonyl (C=O) groups excluding carboxylic acids is 1. The fourth-order valence-electron chi connectivity index (χ4n) is 3.76. The van der Waals surface area contributed by atoms with E-state index < -0.39 is 0 Å². The number of nitrogens with one attached hydrogen (secondary N) is 1. The van der Waals surface area contributed by atoms with Crippen LogP contribution in [0.4, 0.5) is 0 Å². The van der Waals surface area contributed by atoms with Crippen molar-refractivity contribution >= 4 is 5.91 Å². The van der Waals surface area contributed by atoms with Gasteiger partial charge in [0, 0.05) is 37.8 Å². The Morgan fingerprint density at radius 3 is 2.44 bits per heavy atom. The molecule has 0 spiro atoms. The predicted molar refractivity (Wildman–Crippen MR) is 123 cm³/mol. The molecular weight excluding hydrogens is 404 g/mol. The van der Waals surface area contributed by atoms with Crippen LogP contribution in [0.5, 0.6) is 17.2 Å². The van der Waals surface area contributed by atoms with Crippen LogP contribution in [0.2, 0.25) is 0 Å². The molecule has 1 aliphatic heterocycles. The van der Waals surface area contributed by atoms with E-state index in [2.05, 4.69) is 10.2 Å². The van der Waals surface area contributed by atoms with E-state index in [1.807, 2.05) is 66.7 Å². The maximum absolute atomic E-state index is 12.7. The fraction of sp³-hybridized carbons (Fsp3) is 0.269. The molecule has 3 aromatic rings. The molecule has 166 valence electrons. The van der Waals surface area contributed by atoms with Crippen molar-refractivity contribution in [2.75, 3.05) is 27.3 Å². The lowest BCUT2D eigenvalue weighted by Gasteiger charge is -2.39. The maximum Gasteiger partial charge on any atom is 0.255 e. The molecular formula is C26H28N2O4. The van der Waals surface area contributed by atoms with E-state index in [1.165, 1.54) is 0 Å². The monoisotopic (exact) mass is 432 g/mol. The van der Waals surface area contributed by atoms with Crippen LogP contribution in [0, 0.1) is 0 Å². The van der Waals surface area contributed by atoms with Gasteiger partial charge in [-0.15, -0.1) is 0 Å². The summed E-state index contributed by atoms with van der Waals surface area (Å²) in [6.07, 6.45) is 0.0438. The number of hydrogen-bond acceptors (Lipinski definition) is 5. The summed E-state index contributed by atoms with van der Waals surface area (Å²) in [5, 5.41) is 2.97. The van der Waals surface area contributed by atoms with Gasteiger partial charge in [0.2, 0.25) is 0 Å². The second kappa shape index (κ2) is 10.2. The Hall–Kier alpha value is -3.51. The van der Waals surface area contributed by atoms with Crippen LogP contribution in [0.3, 0.4) is 0 Å². The van der Waals surface area contributed by atoms with E-state index in [0.29, 0.717) is 17.9 Å². The molecule has 0 radical (unpaired) electrons. The zero-order valence-corrected chi connectivity index (χ0v) is 18.4. The topological polar surface area (TPSA) is 60.0 Å². The average molecular weight is 433 g/mol. The van der Waals surface area contributed by atoms with Gasteiger partial charge in [0.25, 0.3) is 5.91 Å². The first kappa shape index (κ1) is 21.7. The van der Waals surface area contributed by atoms with Gasteiger partial charge in [-0.1, -0.05) is 48.5 Å². The molecule has 1 heterocycles. The van der Waals surface area contributed by atoms with Gasteiger partial charge in [0.05, 0.1) is 19.8 Å². The average Bonchev–Trinajstić information content (AvgIpc) is 2.82. The highest BCUT2D eigenvalue weighted by Gasteiger charge is 2.30. The van der Waals surface area contributed by atoms with Gasteiger partial charge < -0.3 is 19.5 Å². The third-order valence-electron chi connectivity index (χ3n) is 5.53. The normalized spacial score (nSPS) is 13.8. The minimum atomic E-state index is -0.136. The summed E-state index contributed by atoms with van der Waals surface area (Å²) in [7, 11) is 3.31. The van der Waals surface area contributed by atoms with Crippen LogP contribution in [-0.2, 0) is 13.1 Å². The molecule has 6 heteroatoms. The van der Waals surface area contributed by atoms with Crippen molar-refractivity contribution in [2.45, 2.75) is 19.2 Å². The van der Waals surface area contributed by atoms with Gasteiger partial charge in [0.15, 0.2) is 0 Å². The lowest BCUT2D eigenvalue weighted by atomic mass is 10.1. The lowest BCUT2D eigenvalue weighted by Crippen LogP contribution is -2.53. The van der Waals surface area contributed by atoms with Crippen molar-refractivity contribution < 1.29 is 19.0 Å². The Balaban J connectivity index is 1.32. The largest absolute Gasteiger partial charge is 0.497 e. The van der Waals surface area contributed by atoms with Crippen LogP contribution in [-0.4, -0.2) is 44.2 Å². The Bertz CT molecular complexity index is 1050.